The zero-order valence-electron chi connectivity index (χ0n) is 18.6. The molecule has 7 heteroatoms. The summed E-state index contributed by atoms with van der Waals surface area (Å²) in [6, 6.07) is 13.8. The van der Waals surface area contributed by atoms with Gasteiger partial charge in [-0.1, -0.05) is 42.1 Å². The van der Waals surface area contributed by atoms with E-state index in [9.17, 15) is 9.59 Å². The molecule has 0 bridgehead atoms. The van der Waals surface area contributed by atoms with Crippen LogP contribution >= 0.6 is 11.8 Å². The second-order valence-corrected chi connectivity index (χ2v) is 9.12. The molecule has 0 unspecified atom stereocenters. The fourth-order valence-electron chi connectivity index (χ4n) is 4.16. The van der Waals surface area contributed by atoms with Crippen LogP contribution in [0.5, 0.6) is 0 Å². The van der Waals surface area contributed by atoms with Crippen molar-refractivity contribution in [1.82, 2.24) is 14.9 Å². The summed E-state index contributed by atoms with van der Waals surface area (Å²) in [7, 11) is 1.60. The van der Waals surface area contributed by atoms with Gasteiger partial charge in [-0.05, 0) is 61.4 Å². The molecule has 32 heavy (non-hydrogen) atoms. The SMILES string of the molecule is COCCn1c(SCC(=O)N[C@H](C)c2ccc3c(c2)CCCC3)nc2ccccc2c1=O. The number of hydrogen-bond acceptors (Lipinski definition) is 5. The highest BCUT2D eigenvalue weighted by molar-refractivity contribution is 7.99. The van der Waals surface area contributed by atoms with Gasteiger partial charge in [-0.2, -0.15) is 0 Å². The molecule has 0 fully saturated rings. The van der Waals surface area contributed by atoms with E-state index in [2.05, 4.69) is 28.5 Å². The third-order valence-corrected chi connectivity index (χ3v) is 6.90. The van der Waals surface area contributed by atoms with Gasteiger partial charge in [-0.15, -0.1) is 0 Å². The van der Waals surface area contributed by atoms with Crippen molar-refractivity contribution < 1.29 is 9.53 Å². The number of benzene rings is 2. The van der Waals surface area contributed by atoms with Crippen molar-refractivity contribution in [2.45, 2.75) is 50.4 Å². The van der Waals surface area contributed by atoms with Crippen LogP contribution in [0.3, 0.4) is 0 Å². The highest BCUT2D eigenvalue weighted by Crippen LogP contribution is 2.25. The summed E-state index contributed by atoms with van der Waals surface area (Å²) in [5, 5.41) is 4.19. The summed E-state index contributed by atoms with van der Waals surface area (Å²) in [6.07, 6.45) is 4.76. The Kier molecular flexibility index (Phi) is 7.27. The van der Waals surface area contributed by atoms with E-state index in [0.29, 0.717) is 29.2 Å². The Bertz CT molecular complexity index is 1170. The van der Waals surface area contributed by atoms with Gasteiger partial charge in [-0.3, -0.25) is 14.2 Å². The molecule has 3 aromatic rings. The Labute approximate surface area is 192 Å². The molecular formula is C25H29N3O3S. The number of aryl methyl sites for hydroxylation is 2. The van der Waals surface area contributed by atoms with Gasteiger partial charge >= 0.3 is 0 Å². The van der Waals surface area contributed by atoms with Gasteiger partial charge in [0.25, 0.3) is 5.56 Å². The van der Waals surface area contributed by atoms with Crippen LogP contribution in [0.25, 0.3) is 10.9 Å². The summed E-state index contributed by atoms with van der Waals surface area (Å²) in [6.45, 7) is 2.80. The molecule has 4 rings (SSSR count). The van der Waals surface area contributed by atoms with Gasteiger partial charge < -0.3 is 10.1 Å². The predicted molar refractivity (Wildman–Crippen MR) is 128 cm³/mol. The summed E-state index contributed by atoms with van der Waals surface area (Å²) >= 11 is 1.28. The smallest absolute Gasteiger partial charge is 0.262 e. The third kappa shape index (κ3) is 5.05. The number of methoxy groups -OCH3 is 1. The molecule has 6 nitrogen and oxygen atoms in total. The van der Waals surface area contributed by atoms with Crippen LogP contribution in [0.15, 0.2) is 52.4 Å². The molecule has 0 radical (unpaired) electrons. The van der Waals surface area contributed by atoms with Crippen molar-refractivity contribution in [3.63, 3.8) is 0 Å². The average Bonchev–Trinajstić information content (AvgIpc) is 2.82. The van der Waals surface area contributed by atoms with Crippen LogP contribution in [0.2, 0.25) is 0 Å². The van der Waals surface area contributed by atoms with Crippen LogP contribution in [-0.2, 0) is 28.9 Å². The lowest BCUT2D eigenvalue weighted by Crippen LogP contribution is -2.29. The first-order chi connectivity index (χ1) is 15.6. The van der Waals surface area contributed by atoms with E-state index in [1.165, 1.54) is 35.7 Å². The molecule has 0 spiro atoms. The van der Waals surface area contributed by atoms with Crippen molar-refractivity contribution >= 4 is 28.6 Å². The lowest BCUT2D eigenvalue weighted by Gasteiger charge is -2.20. The van der Waals surface area contributed by atoms with E-state index in [1.54, 1.807) is 17.7 Å². The zero-order chi connectivity index (χ0) is 22.5. The van der Waals surface area contributed by atoms with Gasteiger partial charge in [-0.25, -0.2) is 4.98 Å². The number of aromatic nitrogens is 2. The Balaban J connectivity index is 1.46. The number of amides is 1. The first-order valence-electron chi connectivity index (χ1n) is 11.1. The van der Waals surface area contributed by atoms with Crippen LogP contribution < -0.4 is 10.9 Å². The monoisotopic (exact) mass is 451 g/mol. The summed E-state index contributed by atoms with van der Waals surface area (Å²) in [5.74, 6) is 0.105. The van der Waals surface area contributed by atoms with E-state index >= 15 is 0 Å². The van der Waals surface area contributed by atoms with Gasteiger partial charge in [0.15, 0.2) is 5.16 Å². The normalized spacial score (nSPS) is 14.2. The largest absolute Gasteiger partial charge is 0.383 e. The molecule has 1 aliphatic carbocycles. The molecule has 0 saturated carbocycles. The van der Waals surface area contributed by atoms with Gasteiger partial charge in [0, 0.05) is 7.11 Å². The Morgan fingerprint density at radius 2 is 1.97 bits per heavy atom. The lowest BCUT2D eigenvalue weighted by molar-refractivity contribution is -0.119. The van der Waals surface area contributed by atoms with Crippen molar-refractivity contribution in [1.29, 1.82) is 0 Å². The van der Waals surface area contributed by atoms with E-state index in [-0.39, 0.29) is 23.3 Å². The minimum atomic E-state index is -0.113. The van der Waals surface area contributed by atoms with Crippen LogP contribution in [0.4, 0.5) is 0 Å². The summed E-state index contributed by atoms with van der Waals surface area (Å²) in [5.41, 5.74) is 4.50. The Morgan fingerprint density at radius 3 is 2.78 bits per heavy atom. The molecule has 0 aliphatic heterocycles. The number of fused-ring (bicyclic) bond motifs is 2. The highest BCUT2D eigenvalue weighted by atomic mass is 32.2. The fourth-order valence-corrected chi connectivity index (χ4v) is 4.99. The van der Waals surface area contributed by atoms with Crippen LogP contribution in [0, 0.1) is 0 Å². The Hall–Kier alpha value is -2.64. The number of ether oxygens (including phenoxy) is 1. The molecule has 1 atom stereocenters. The second kappa shape index (κ2) is 10.3. The van der Waals surface area contributed by atoms with E-state index in [1.807, 2.05) is 25.1 Å². The van der Waals surface area contributed by atoms with Gasteiger partial charge in [0.2, 0.25) is 5.91 Å². The van der Waals surface area contributed by atoms with Crippen molar-refractivity contribution in [2.24, 2.45) is 0 Å². The van der Waals surface area contributed by atoms with Crippen molar-refractivity contribution in [2.75, 3.05) is 19.5 Å². The van der Waals surface area contributed by atoms with E-state index in [0.717, 1.165) is 18.4 Å². The Morgan fingerprint density at radius 1 is 1.19 bits per heavy atom. The zero-order valence-corrected chi connectivity index (χ0v) is 19.4. The average molecular weight is 452 g/mol. The molecule has 1 amide bonds. The van der Waals surface area contributed by atoms with E-state index in [4.69, 9.17) is 4.74 Å². The molecule has 168 valence electrons. The number of para-hydroxylation sites is 1. The molecular weight excluding hydrogens is 422 g/mol. The quantitative estimate of drug-likeness (QED) is 0.416. The first kappa shape index (κ1) is 22.6. The maximum Gasteiger partial charge on any atom is 0.262 e. The number of thioether (sulfide) groups is 1. The number of carbonyl (C=O) groups is 1. The molecule has 2 aromatic carbocycles. The summed E-state index contributed by atoms with van der Waals surface area (Å²) < 4.78 is 6.75. The van der Waals surface area contributed by atoms with Crippen LogP contribution in [-0.4, -0.2) is 34.9 Å². The van der Waals surface area contributed by atoms with E-state index < -0.39 is 0 Å². The van der Waals surface area contributed by atoms with Crippen molar-refractivity contribution in [3.05, 3.63) is 69.5 Å². The maximum atomic E-state index is 12.9. The second-order valence-electron chi connectivity index (χ2n) is 8.17. The fraction of sp³-hybridized carbons (Fsp3) is 0.400. The number of nitrogens with one attached hydrogen (secondary N) is 1. The van der Waals surface area contributed by atoms with Crippen LogP contribution in [0.1, 0.15) is 42.5 Å². The maximum absolute atomic E-state index is 12.9. The molecule has 1 aromatic heterocycles. The molecule has 0 saturated heterocycles. The number of hydrogen-bond donors (Lipinski definition) is 1. The minimum absolute atomic E-state index is 0.0735. The number of rotatable bonds is 8. The lowest BCUT2D eigenvalue weighted by atomic mass is 9.89. The van der Waals surface area contributed by atoms with Gasteiger partial charge in [0.05, 0.1) is 35.8 Å². The third-order valence-electron chi connectivity index (χ3n) is 5.93. The first-order valence-corrected chi connectivity index (χ1v) is 12.1. The number of carbonyl (C=O) groups excluding carboxylic acids is 1. The topological polar surface area (TPSA) is 73.2 Å². The predicted octanol–water partition coefficient (Wildman–Crippen LogP) is 3.89. The molecule has 1 N–H and O–H groups in total. The molecule has 1 aliphatic rings. The highest BCUT2D eigenvalue weighted by Gasteiger charge is 2.16. The van der Waals surface area contributed by atoms with Gasteiger partial charge in [0.1, 0.15) is 0 Å². The standard InChI is InChI=1S/C25H29N3O3S/c1-17(19-12-11-18-7-3-4-8-20(18)15-19)26-23(29)16-32-25-27-22-10-6-5-9-21(22)24(30)28(25)13-14-31-2/h5-6,9-12,15,17H,3-4,7-8,13-14,16H2,1-2H3,(H,26,29)/t17-/m1/s1. The minimum Gasteiger partial charge on any atom is -0.383 e. The van der Waals surface area contributed by atoms with Crippen molar-refractivity contribution in [3.8, 4) is 0 Å². The number of nitrogens with zero attached hydrogens (tertiary/aromatic N) is 2. The molecule has 1 heterocycles. The summed E-state index contributed by atoms with van der Waals surface area (Å²) in [4.78, 5) is 30.3.